The molecule has 0 aliphatic heterocycles. The van der Waals surface area contributed by atoms with Crippen LogP contribution in [-0.2, 0) is 14.3 Å². The van der Waals surface area contributed by atoms with Crippen LogP contribution in [0.5, 0.6) is 0 Å². The number of carbonyl (C=O) groups excluding carboxylic acids is 2. The van der Waals surface area contributed by atoms with Crippen LogP contribution >= 0.6 is 15.9 Å². The van der Waals surface area contributed by atoms with Gasteiger partial charge in [-0.25, -0.2) is 4.39 Å². The summed E-state index contributed by atoms with van der Waals surface area (Å²) < 4.78 is 17.6. The molecule has 1 aromatic rings. The third-order valence-electron chi connectivity index (χ3n) is 1.88. The quantitative estimate of drug-likeness (QED) is 0.631. The lowest BCUT2D eigenvalue weighted by Crippen LogP contribution is -2.19. The smallest absolute Gasteiger partial charge is 0.303 e. The molecular weight excluding hydrogens is 279 g/mol. The summed E-state index contributed by atoms with van der Waals surface area (Å²) in [6.45, 7) is 1.22. The maximum atomic E-state index is 12.7. The molecule has 5 heteroatoms. The van der Waals surface area contributed by atoms with Crippen molar-refractivity contribution in [3.05, 3.63) is 35.6 Å². The second-order valence-electron chi connectivity index (χ2n) is 3.14. The number of alkyl halides is 1. The normalized spacial score (nSPS) is 11.9. The predicted octanol–water partition coefficient (Wildman–Crippen LogP) is 2.39. The molecule has 1 atom stereocenters. The Hall–Kier alpha value is -1.23. The van der Waals surface area contributed by atoms with Crippen LogP contribution in [0.15, 0.2) is 24.3 Å². The molecule has 0 bridgehead atoms. The van der Waals surface area contributed by atoms with Gasteiger partial charge in [-0.05, 0) is 12.1 Å². The highest BCUT2D eigenvalue weighted by Gasteiger charge is 2.22. The number of halogens is 2. The average molecular weight is 289 g/mol. The first-order valence-electron chi connectivity index (χ1n) is 4.56. The maximum absolute atomic E-state index is 12.7. The first kappa shape index (κ1) is 12.8. The lowest BCUT2D eigenvalue weighted by atomic mass is 10.1. The second-order valence-corrected chi connectivity index (χ2v) is 3.70. The van der Waals surface area contributed by atoms with Gasteiger partial charge in [0.1, 0.15) is 5.82 Å². The number of benzene rings is 1. The SMILES string of the molecule is CC(=O)OC(C(=O)CBr)c1ccc(F)cc1. The summed E-state index contributed by atoms with van der Waals surface area (Å²) in [5, 5.41) is 0.0717. The van der Waals surface area contributed by atoms with Crippen molar-refractivity contribution in [1.82, 2.24) is 0 Å². The van der Waals surface area contributed by atoms with Gasteiger partial charge in [-0.1, -0.05) is 28.1 Å². The van der Waals surface area contributed by atoms with Crippen LogP contribution in [0.3, 0.4) is 0 Å². The van der Waals surface area contributed by atoms with Gasteiger partial charge < -0.3 is 4.74 Å². The van der Waals surface area contributed by atoms with Crippen molar-refractivity contribution >= 4 is 27.7 Å². The number of ketones is 1. The van der Waals surface area contributed by atoms with Gasteiger partial charge in [0.2, 0.25) is 0 Å². The number of carbonyl (C=O) groups is 2. The molecule has 0 saturated carbocycles. The van der Waals surface area contributed by atoms with E-state index in [4.69, 9.17) is 4.74 Å². The summed E-state index contributed by atoms with van der Waals surface area (Å²) in [4.78, 5) is 22.4. The van der Waals surface area contributed by atoms with E-state index in [9.17, 15) is 14.0 Å². The first-order valence-corrected chi connectivity index (χ1v) is 5.68. The number of Topliss-reactive ketones (excluding diaryl/α,β-unsaturated/α-hetero) is 1. The number of rotatable bonds is 4. The molecule has 0 amide bonds. The zero-order valence-electron chi connectivity index (χ0n) is 8.57. The van der Waals surface area contributed by atoms with E-state index >= 15 is 0 Å². The Morgan fingerprint density at radius 2 is 1.94 bits per heavy atom. The van der Waals surface area contributed by atoms with Crippen molar-refractivity contribution in [2.24, 2.45) is 0 Å². The number of esters is 1. The van der Waals surface area contributed by atoms with Crippen LogP contribution in [0.2, 0.25) is 0 Å². The van der Waals surface area contributed by atoms with Gasteiger partial charge >= 0.3 is 5.97 Å². The van der Waals surface area contributed by atoms with E-state index in [0.717, 1.165) is 0 Å². The van der Waals surface area contributed by atoms with E-state index in [0.29, 0.717) is 5.56 Å². The van der Waals surface area contributed by atoms with E-state index < -0.39 is 17.9 Å². The fourth-order valence-electron chi connectivity index (χ4n) is 1.19. The molecular formula is C11H10BrFO3. The average Bonchev–Trinajstić information content (AvgIpc) is 2.26. The molecule has 1 aromatic carbocycles. The highest BCUT2D eigenvalue weighted by Crippen LogP contribution is 2.20. The lowest BCUT2D eigenvalue weighted by molar-refractivity contribution is -0.152. The van der Waals surface area contributed by atoms with Crippen molar-refractivity contribution < 1.29 is 18.7 Å². The second kappa shape index (κ2) is 5.75. The molecule has 0 radical (unpaired) electrons. The van der Waals surface area contributed by atoms with E-state index in [1.165, 1.54) is 31.2 Å². The Labute approximate surface area is 101 Å². The van der Waals surface area contributed by atoms with Gasteiger partial charge in [0.15, 0.2) is 11.9 Å². The molecule has 16 heavy (non-hydrogen) atoms. The molecule has 0 aliphatic carbocycles. The largest absolute Gasteiger partial charge is 0.450 e. The van der Waals surface area contributed by atoms with Gasteiger partial charge in [-0.2, -0.15) is 0 Å². The fourth-order valence-corrected chi connectivity index (χ4v) is 1.49. The standard InChI is InChI=1S/C11H10BrFO3/c1-7(14)16-11(10(15)6-12)8-2-4-9(13)5-3-8/h2-5,11H,6H2,1H3. The molecule has 86 valence electrons. The Morgan fingerprint density at radius 3 is 2.38 bits per heavy atom. The molecule has 0 aromatic heterocycles. The third-order valence-corrected chi connectivity index (χ3v) is 2.43. The number of hydrogen-bond donors (Lipinski definition) is 0. The maximum Gasteiger partial charge on any atom is 0.303 e. The zero-order chi connectivity index (χ0) is 12.1. The molecule has 0 N–H and O–H groups in total. The third kappa shape index (κ3) is 3.41. The van der Waals surface area contributed by atoms with Gasteiger partial charge in [-0.15, -0.1) is 0 Å². The topological polar surface area (TPSA) is 43.4 Å². The van der Waals surface area contributed by atoms with Gasteiger partial charge in [0.25, 0.3) is 0 Å². The van der Waals surface area contributed by atoms with Crippen LogP contribution in [0, 0.1) is 5.82 Å². The van der Waals surface area contributed by atoms with Crippen LogP contribution in [0.1, 0.15) is 18.6 Å². The van der Waals surface area contributed by atoms with Crippen molar-refractivity contribution in [3.63, 3.8) is 0 Å². The summed E-state index contributed by atoms with van der Waals surface area (Å²) in [5.41, 5.74) is 0.459. The Morgan fingerprint density at radius 1 is 1.38 bits per heavy atom. The monoisotopic (exact) mass is 288 g/mol. The van der Waals surface area contributed by atoms with E-state index in [1.807, 2.05) is 0 Å². The predicted molar refractivity (Wildman–Crippen MR) is 59.7 cm³/mol. The highest BCUT2D eigenvalue weighted by atomic mass is 79.9. The van der Waals surface area contributed by atoms with Gasteiger partial charge in [-0.3, -0.25) is 9.59 Å². The van der Waals surface area contributed by atoms with Gasteiger partial charge in [0, 0.05) is 12.5 Å². The van der Waals surface area contributed by atoms with E-state index in [2.05, 4.69) is 15.9 Å². The summed E-state index contributed by atoms with van der Waals surface area (Å²) in [5.74, 6) is -1.25. The molecule has 0 fully saturated rings. The molecule has 0 aliphatic rings. The molecule has 3 nitrogen and oxygen atoms in total. The number of hydrogen-bond acceptors (Lipinski definition) is 3. The molecule has 0 spiro atoms. The number of ether oxygens (including phenoxy) is 1. The summed E-state index contributed by atoms with van der Waals surface area (Å²) in [6.07, 6.45) is -0.975. The molecule has 0 heterocycles. The van der Waals surface area contributed by atoms with Gasteiger partial charge in [0.05, 0.1) is 5.33 Å². The Kier molecular flexibility index (Phi) is 4.61. The minimum Gasteiger partial charge on any atom is -0.450 e. The van der Waals surface area contributed by atoms with E-state index in [1.54, 1.807) is 0 Å². The highest BCUT2D eigenvalue weighted by molar-refractivity contribution is 9.09. The van der Waals surface area contributed by atoms with Crippen molar-refractivity contribution in [2.75, 3.05) is 5.33 Å². The van der Waals surface area contributed by atoms with Crippen LogP contribution < -0.4 is 0 Å². The first-order chi connectivity index (χ1) is 7.54. The molecule has 1 rings (SSSR count). The Bertz CT molecular complexity index is 389. The Balaban J connectivity index is 2.96. The van der Waals surface area contributed by atoms with Crippen LogP contribution in [0.4, 0.5) is 4.39 Å². The molecule has 1 unspecified atom stereocenters. The lowest BCUT2D eigenvalue weighted by Gasteiger charge is -2.14. The summed E-state index contributed by atoms with van der Waals surface area (Å²) >= 11 is 3.00. The molecule has 0 saturated heterocycles. The van der Waals surface area contributed by atoms with Crippen LogP contribution in [0.25, 0.3) is 0 Å². The van der Waals surface area contributed by atoms with Crippen molar-refractivity contribution in [1.29, 1.82) is 0 Å². The minimum atomic E-state index is -0.975. The summed E-state index contributed by atoms with van der Waals surface area (Å²) in [6, 6.07) is 5.27. The van der Waals surface area contributed by atoms with Crippen LogP contribution in [-0.4, -0.2) is 17.1 Å². The fraction of sp³-hybridized carbons (Fsp3) is 0.273. The van der Waals surface area contributed by atoms with Crippen molar-refractivity contribution in [3.8, 4) is 0 Å². The summed E-state index contributed by atoms with van der Waals surface area (Å²) in [7, 11) is 0. The van der Waals surface area contributed by atoms with E-state index in [-0.39, 0.29) is 11.1 Å². The van der Waals surface area contributed by atoms with Crippen molar-refractivity contribution in [2.45, 2.75) is 13.0 Å². The zero-order valence-corrected chi connectivity index (χ0v) is 10.2. The minimum absolute atomic E-state index is 0.0717.